The van der Waals surface area contributed by atoms with Gasteiger partial charge in [-0.25, -0.2) is 0 Å². The van der Waals surface area contributed by atoms with Gasteiger partial charge in [0.2, 0.25) is 0 Å². The Morgan fingerprint density at radius 2 is 2.00 bits per heavy atom. The summed E-state index contributed by atoms with van der Waals surface area (Å²) >= 11 is 5.91. The highest BCUT2D eigenvalue weighted by Crippen LogP contribution is 2.17. The monoisotopic (exact) mass is 249 g/mol. The molecule has 17 heavy (non-hydrogen) atoms. The van der Waals surface area contributed by atoms with E-state index in [1.807, 2.05) is 6.07 Å². The molecule has 0 atom stereocenters. The minimum atomic E-state index is 0.380. The van der Waals surface area contributed by atoms with E-state index in [9.17, 15) is 0 Å². The number of aryl methyl sites for hydroxylation is 2. The molecule has 0 N–H and O–H groups in total. The Hall–Kier alpha value is -1.35. The molecule has 0 saturated carbocycles. The van der Waals surface area contributed by atoms with Crippen LogP contribution in [-0.2, 0) is 12.3 Å². The van der Waals surface area contributed by atoms with Crippen molar-refractivity contribution in [3.8, 4) is 5.69 Å². The molecule has 0 aliphatic rings. The Morgan fingerprint density at radius 1 is 1.24 bits per heavy atom. The molecule has 0 aliphatic heterocycles. The highest BCUT2D eigenvalue weighted by molar-refractivity contribution is 6.16. The van der Waals surface area contributed by atoms with Gasteiger partial charge in [0.05, 0.1) is 5.88 Å². The maximum atomic E-state index is 5.91. The second-order valence-electron chi connectivity index (χ2n) is 4.09. The van der Waals surface area contributed by atoms with Gasteiger partial charge in [-0.05, 0) is 31.0 Å². The Kier molecular flexibility index (Phi) is 3.79. The van der Waals surface area contributed by atoms with Crippen LogP contribution in [0.4, 0.5) is 0 Å². The molecule has 1 aromatic heterocycles. The lowest BCUT2D eigenvalue weighted by molar-refractivity contribution is 0.796. The molecule has 0 fully saturated rings. The highest BCUT2D eigenvalue weighted by Gasteiger charge is 2.12. The lowest BCUT2D eigenvalue weighted by atomic mass is 10.2. The summed E-state index contributed by atoms with van der Waals surface area (Å²) in [5.74, 6) is 2.17. The maximum Gasteiger partial charge on any atom is 0.152 e. The van der Waals surface area contributed by atoms with E-state index in [0.717, 1.165) is 30.2 Å². The van der Waals surface area contributed by atoms with Crippen molar-refractivity contribution in [3.63, 3.8) is 0 Å². The first kappa shape index (κ1) is 12.1. The molecule has 1 heterocycles. The Labute approximate surface area is 106 Å². The molecule has 0 saturated heterocycles. The lowest BCUT2D eigenvalue weighted by Gasteiger charge is -2.09. The summed E-state index contributed by atoms with van der Waals surface area (Å²) in [5, 5.41) is 8.35. The van der Waals surface area contributed by atoms with Crippen molar-refractivity contribution >= 4 is 11.6 Å². The van der Waals surface area contributed by atoms with E-state index < -0.39 is 0 Å². The third kappa shape index (κ3) is 2.50. The zero-order chi connectivity index (χ0) is 12.3. The fraction of sp³-hybridized carbons (Fsp3) is 0.385. The molecule has 0 bridgehead atoms. The van der Waals surface area contributed by atoms with Gasteiger partial charge < -0.3 is 0 Å². The number of hydrogen-bond donors (Lipinski definition) is 0. The smallest absolute Gasteiger partial charge is 0.152 e. The zero-order valence-electron chi connectivity index (χ0n) is 10.2. The van der Waals surface area contributed by atoms with Crippen LogP contribution in [0.2, 0.25) is 0 Å². The molecular formula is C13H16ClN3. The largest absolute Gasteiger partial charge is 0.282 e. The van der Waals surface area contributed by atoms with Crippen molar-refractivity contribution in [2.45, 2.75) is 32.6 Å². The molecule has 90 valence electrons. The van der Waals surface area contributed by atoms with Crippen LogP contribution in [0, 0.1) is 6.92 Å². The number of rotatable bonds is 4. The number of hydrogen-bond acceptors (Lipinski definition) is 2. The molecule has 4 heteroatoms. The van der Waals surface area contributed by atoms with Gasteiger partial charge in [-0.2, -0.15) is 0 Å². The van der Waals surface area contributed by atoms with Gasteiger partial charge in [-0.3, -0.25) is 4.57 Å². The zero-order valence-corrected chi connectivity index (χ0v) is 10.9. The van der Waals surface area contributed by atoms with Gasteiger partial charge in [0.25, 0.3) is 0 Å². The first-order valence-corrected chi connectivity index (χ1v) is 6.36. The molecule has 0 aliphatic carbocycles. The minimum Gasteiger partial charge on any atom is -0.282 e. The predicted molar refractivity (Wildman–Crippen MR) is 69.6 cm³/mol. The van der Waals surface area contributed by atoms with Crippen molar-refractivity contribution in [3.05, 3.63) is 41.5 Å². The summed E-state index contributed by atoms with van der Waals surface area (Å²) in [6, 6.07) is 8.30. The van der Waals surface area contributed by atoms with E-state index >= 15 is 0 Å². The predicted octanol–water partition coefficient (Wildman–Crippen LogP) is 3.27. The van der Waals surface area contributed by atoms with Gasteiger partial charge in [-0.15, -0.1) is 21.8 Å². The quantitative estimate of drug-likeness (QED) is 0.779. The first-order valence-electron chi connectivity index (χ1n) is 5.82. The number of halogens is 1. The molecule has 2 rings (SSSR count). The van der Waals surface area contributed by atoms with Crippen LogP contribution in [0.5, 0.6) is 0 Å². The normalized spacial score (nSPS) is 10.8. The minimum absolute atomic E-state index is 0.380. The van der Waals surface area contributed by atoms with Crippen molar-refractivity contribution < 1.29 is 0 Å². The van der Waals surface area contributed by atoms with E-state index in [2.05, 4.69) is 46.8 Å². The first-order chi connectivity index (χ1) is 8.26. The molecule has 0 unspecified atom stereocenters. The topological polar surface area (TPSA) is 30.7 Å². The van der Waals surface area contributed by atoms with E-state index in [1.54, 1.807) is 0 Å². The number of aromatic nitrogens is 3. The summed E-state index contributed by atoms with van der Waals surface area (Å²) in [4.78, 5) is 0. The number of alkyl halides is 1. The van der Waals surface area contributed by atoms with Crippen LogP contribution < -0.4 is 0 Å². The van der Waals surface area contributed by atoms with E-state index in [0.29, 0.717) is 5.88 Å². The van der Waals surface area contributed by atoms with Gasteiger partial charge in [0.1, 0.15) is 5.82 Å². The average molecular weight is 250 g/mol. The summed E-state index contributed by atoms with van der Waals surface area (Å²) in [6.45, 7) is 4.21. The summed E-state index contributed by atoms with van der Waals surface area (Å²) in [7, 11) is 0. The van der Waals surface area contributed by atoms with Crippen LogP contribution in [-0.4, -0.2) is 14.8 Å². The van der Waals surface area contributed by atoms with E-state index in [-0.39, 0.29) is 0 Å². The standard InChI is InChI=1S/C13H16ClN3/c1-3-5-12-15-16-13(9-14)17(12)11-7-4-6-10(2)8-11/h4,6-8H,3,5,9H2,1-2H3. The summed E-state index contributed by atoms with van der Waals surface area (Å²) < 4.78 is 2.06. The molecule has 0 spiro atoms. The van der Waals surface area contributed by atoms with E-state index in [4.69, 9.17) is 11.6 Å². The average Bonchev–Trinajstić information content (AvgIpc) is 2.72. The van der Waals surface area contributed by atoms with Crippen LogP contribution >= 0.6 is 11.6 Å². The second-order valence-corrected chi connectivity index (χ2v) is 4.36. The molecule has 3 nitrogen and oxygen atoms in total. The number of nitrogens with zero attached hydrogens (tertiary/aromatic N) is 3. The fourth-order valence-corrected chi connectivity index (χ4v) is 2.06. The Morgan fingerprint density at radius 3 is 2.65 bits per heavy atom. The van der Waals surface area contributed by atoms with Gasteiger partial charge in [0.15, 0.2) is 5.82 Å². The van der Waals surface area contributed by atoms with Crippen LogP contribution in [0.3, 0.4) is 0 Å². The summed E-state index contributed by atoms with van der Waals surface area (Å²) in [5.41, 5.74) is 2.31. The van der Waals surface area contributed by atoms with Crippen molar-refractivity contribution in [2.24, 2.45) is 0 Å². The third-order valence-corrected chi connectivity index (χ3v) is 2.89. The molecule has 0 amide bonds. The fourth-order valence-electron chi connectivity index (χ4n) is 1.89. The number of benzene rings is 1. The van der Waals surface area contributed by atoms with Crippen LogP contribution in [0.1, 0.15) is 30.6 Å². The van der Waals surface area contributed by atoms with Crippen molar-refractivity contribution in [1.82, 2.24) is 14.8 Å². The van der Waals surface area contributed by atoms with E-state index in [1.165, 1.54) is 5.56 Å². The summed E-state index contributed by atoms with van der Waals surface area (Å²) in [6.07, 6.45) is 1.96. The Bertz CT molecular complexity index is 505. The molecule has 0 radical (unpaired) electrons. The SMILES string of the molecule is CCCc1nnc(CCl)n1-c1cccc(C)c1. The van der Waals surface area contributed by atoms with Crippen LogP contribution in [0.15, 0.2) is 24.3 Å². The van der Waals surface area contributed by atoms with Gasteiger partial charge in [0, 0.05) is 12.1 Å². The molecule has 2 aromatic rings. The van der Waals surface area contributed by atoms with Crippen molar-refractivity contribution in [2.75, 3.05) is 0 Å². The van der Waals surface area contributed by atoms with Crippen molar-refractivity contribution in [1.29, 1.82) is 0 Å². The van der Waals surface area contributed by atoms with Gasteiger partial charge in [-0.1, -0.05) is 19.1 Å². The third-order valence-electron chi connectivity index (χ3n) is 2.65. The molecule has 1 aromatic carbocycles. The molecular weight excluding hydrogens is 234 g/mol. The lowest BCUT2D eigenvalue weighted by Crippen LogP contribution is -2.04. The second kappa shape index (κ2) is 5.32. The van der Waals surface area contributed by atoms with Gasteiger partial charge >= 0.3 is 0 Å². The Balaban J connectivity index is 2.51. The highest BCUT2D eigenvalue weighted by atomic mass is 35.5. The van der Waals surface area contributed by atoms with Crippen LogP contribution in [0.25, 0.3) is 5.69 Å². The maximum absolute atomic E-state index is 5.91.